The molecule has 0 saturated carbocycles. The van der Waals surface area contributed by atoms with E-state index in [-0.39, 0.29) is 13.1 Å². The average molecular weight is 297 g/mol. The fourth-order valence-electron chi connectivity index (χ4n) is 1.79. The van der Waals surface area contributed by atoms with Crippen LogP contribution in [0.15, 0.2) is 0 Å². The number of methoxy groups -OCH3 is 1. The summed E-state index contributed by atoms with van der Waals surface area (Å²) >= 11 is 0. The van der Waals surface area contributed by atoms with E-state index in [2.05, 4.69) is 4.74 Å². The Balaban J connectivity index is 4.62. The summed E-state index contributed by atoms with van der Waals surface area (Å²) < 4.78 is 42.0. The number of hydrogen-bond acceptors (Lipinski definition) is 3. The van der Waals surface area contributed by atoms with E-state index in [9.17, 15) is 22.8 Å². The number of halogens is 3. The van der Waals surface area contributed by atoms with Crippen molar-refractivity contribution in [1.82, 2.24) is 4.90 Å². The SMILES string of the molecule is CCCCCCN(CC(C)C(=O)OC)C(=O)C(F)(F)F. The molecule has 0 radical (unpaired) electrons. The van der Waals surface area contributed by atoms with Gasteiger partial charge in [-0.1, -0.05) is 33.1 Å². The lowest BCUT2D eigenvalue weighted by atomic mass is 10.1. The van der Waals surface area contributed by atoms with Gasteiger partial charge >= 0.3 is 18.1 Å². The molecule has 1 unspecified atom stereocenters. The monoisotopic (exact) mass is 297 g/mol. The van der Waals surface area contributed by atoms with E-state index in [0.717, 1.165) is 26.4 Å². The molecule has 0 fully saturated rings. The molecule has 0 aromatic heterocycles. The summed E-state index contributed by atoms with van der Waals surface area (Å²) in [6, 6.07) is 0. The molecule has 0 rings (SSSR count). The number of ether oxygens (including phenoxy) is 1. The van der Waals surface area contributed by atoms with Crippen LogP contribution in [0.2, 0.25) is 0 Å². The molecule has 0 aliphatic heterocycles. The fraction of sp³-hybridized carbons (Fsp3) is 0.846. The summed E-state index contributed by atoms with van der Waals surface area (Å²) in [4.78, 5) is 23.3. The third kappa shape index (κ3) is 6.77. The summed E-state index contributed by atoms with van der Waals surface area (Å²) in [6.07, 6.45) is -1.82. The van der Waals surface area contributed by atoms with Gasteiger partial charge in [0.05, 0.1) is 13.0 Å². The first kappa shape index (κ1) is 18.7. The smallest absolute Gasteiger partial charge is 0.469 e. The highest BCUT2D eigenvalue weighted by atomic mass is 19.4. The summed E-state index contributed by atoms with van der Waals surface area (Å²) in [6.45, 7) is 3.14. The molecule has 0 aromatic rings. The van der Waals surface area contributed by atoms with Crippen molar-refractivity contribution < 1.29 is 27.5 Å². The number of carbonyl (C=O) groups excluding carboxylic acids is 2. The van der Waals surface area contributed by atoms with Gasteiger partial charge in [-0.2, -0.15) is 13.2 Å². The maximum Gasteiger partial charge on any atom is 0.471 e. The second-order valence-corrected chi connectivity index (χ2v) is 4.73. The highest BCUT2D eigenvalue weighted by molar-refractivity contribution is 5.82. The number of alkyl halides is 3. The van der Waals surface area contributed by atoms with Crippen molar-refractivity contribution in [2.45, 2.75) is 45.7 Å². The maximum absolute atomic E-state index is 12.5. The van der Waals surface area contributed by atoms with Crippen molar-refractivity contribution in [2.75, 3.05) is 20.2 Å². The number of rotatable bonds is 8. The fourth-order valence-corrected chi connectivity index (χ4v) is 1.79. The molecule has 1 atom stereocenters. The topological polar surface area (TPSA) is 46.6 Å². The largest absolute Gasteiger partial charge is 0.471 e. The molecule has 4 nitrogen and oxygen atoms in total. The predicted octanol–water partition coefficient (Wildman–Crippen LogP) is 2.77. The quantitative estimate of drug-likeness (QED) is 0.511. The first-order valence-corrected chi connectivity index (χ1v) is 6.68. The molecule has 0 aliphatic carbocycles. The lowest BCUT2D eigenvalue weighted by molar-refractivity contribution is -0.186. The summed E-state index contributed by atoms with van der Waals surface area (Å²) in [5.74, 6) is -3.30. The van der Waals surface area contributed by atoms with E-state index >= 15 is 0 Å². The number of nitrogens with zero attached hydrogens (tertiary/aromatic N) is 1. The lowest BCUT2D eigenvalue weighted by Crippen LogP contribution is -2.44. The van der Waals surface area contributed by atoms with Crippen molar-refractivity contribution in [1.29, 1.82) is 0 Å². The lowest BCUT2D eigenvalue weighted by Gasteiger charge is -2.25. The molecule has 0 spiro atoms. The molecule has 0 saturated heterocycles. The van der Waals surface area contributed by atoms with Crippen LogP contribution < -0.4 is 0 Å². The molecule has 20 heavy (non-hydrogen) atoms. The Bertz CT molecular complexity index is 318. The minimum Gasteiger partial charge on any atom is -0.469 e. The first-order chi connectivity index (χ1) is 9.23. The maximum atomic E-state index is 12.5. The zero-order chi connectivity index (χ0) is 15.8. The molecule has 118 valence electrons. The van der Waals surface area contributed by atoms with Crippen LogP contribution in [-0.4, -0.2) is 43.2 Å². The van der Waals surface area contributed by atoms with Crippen molar-refractivity contribution in [3.05, 3.63) is 0 Å². The Labute approximate surface area is 117 Å². The molecule has 7 heteroatoms. The van der Waals surface area contributed by atoms with Crippen LogP contribution in [0.3, 0.4) is 0 Å². The molecule has 0 N–H and O–H groups in total. The molecule has 0 aromatic carbocycles. The molecular weight excluding hydrogens is 275 g/mol. The number of carbonyl (C=O) groups is 2. The van der Waals surface area contributed by atoms with Crippen LogP contribution in [0.5, 0.6) is 0 Å². The third-order valence-corrected chi connectivity index (χ3v) is 2.91. The Morgan fingerprint density at radius 2 is 1.80 bits per heavy atom. The predicted molar refractivity (Wildman–Crippen MR) is 68.0 cm³/mol. The standard InChI is InChI=1S/C13H22F3NO3/c1-4-5-6-7-8-17(12(19)13(14,15)16)9-10(2)11(18)20-3/h10H,4-9H2,1-3H3. The van der Waals surface area contributed by atoms with E-state index in [1.165, 1.54) is 6.92 Å². The summed E-state index contributed by atoms with van der Waals surface area (Å²) in [5.41, 5.74) is 0. The zero-order valence-corrected chi connectivity index (χ0v) is 12.1. The zero-order valence-electron chi connectivity index (χ0n) is 12.1. The van der Waals surface area contributed by atoms with Crippen LogP contribution in [0.1, 0.15) is 39.5 Å². The van der Waals surface area contributed by atoms with Gasteiger partial charge in [-0.15, -0.1) is 0 Å². The van der Waals surface area contributed by atoms with Gasteiger partial charge in [-0.3, -0.25) is 9.59 Å². The van der Waals surface area contributed by atoms with E-state index < -0.39 is 24.0 Å². The van der Waals surface area contributed by atoms with Gasteiger partial charge in [0, 0.05) is 13.1 Å². The molecule has 0 aliphatic rings. The van der Waals surface area contributed by atoms with Crippen molar-refractivity contribution in [3.8, 4) is 0 Å². The van der Waals surface area contributed by atoms with Crippen LogP contribution in [0, 0.1) is 5.92 Å². The van der Waals surface area contributed by atoms with Crippen LogP contribution in [0.25, 0.3) is 0 Å². The number of unbranched alkanes of at least 4 members (excludes halogenated alkanes) is 3. The second-order valence-electron chi connectivity index (χ2n) is 4.73. The Morgan fingerprint density at radius 3 is 2.25 bits per heavy atom. The minimum atomic E-state index is -4.92. The molecule has 0 heterocycles. The average Bonchev–Trinajstić information content (AvgIpc) is 2.39. The molecule has 0 bridgehead atoms. The van der Waals surface area contributed by atoms with Crippen molar-refractivity contribution >= 4 is 11.9 Å². The second kappa shape index (κ2) is 8.81. The van der Waals surface area contributed by atoms with Gasteiger partial charge in [0.15, 0.2) is 0 Å². The van der Waals surface area contributed by atoms with Gasteiger partial charge in [-0.25, -0.2) is 0 Å². The molecule has 1 amide bonds. The van der Waals surface area contributed by atoms with E-state index in [4.69, 9.17) is 0 Å². The van der Waals surface area contributed by atoms with Crippen LogP contribution >= 0.6 is 0 Å². The highest BCUT2D eigenvalue weighted by Crippen LogP contribution is 2.20. The van der Waals surface area contributed by atoms with E-state index in [0.29, 0.717) is 11.3 Å². The van der Waals surface area contributed by atoms with Gasteiger partial charge in [-0.05, 0) is 6.42 Å². The summed E-state index contributed by atoms with van der Waals surface area (Å²) in [5, 5.41) is 0. The first-order valence-electron chi connectivity index (χ1n) is 6.68. The third-order valence-electron chi connectivity index (χ3n) is 2.91. The van der Waals surface area contributed by atoms with Crippen molar-refractivity contribution in [3.63, 3.8) is 0 Å². The van der Waals surface area contributed by atoms with Gasteiger partial charge in [0.1, 0.15) is 0 Å². The van der Waals surface area contributed by atoms with Crippen LogP contribution in [0.4, 0.5) is 13.2 Å². The Kier molecular flexibility index (Phi) is 8.25. The Morgan fingerprint density at radius 1 is 1.20 bits per heavy atom. The Hall–Kier alpha value is -1.27. The number of hydrogen-bond donors (Lipinski definition) is 0. The van der Waals surface area contributed by atoms with Crippen molar-refractivity contribution in [2.24, 2.45) is 5.92 Å². The van der Waals surface area contributed by atoms with Gasteiger partial charge in [0.2, 0.25) is 0 Å². The van der Waals surface area contributed by atoms with Gasteiger partial charge in [0.25, 0.3) is 0 Å². The minimum absolute atomic E-state index is 0.000320. The van der Waals surface area contributed by atoms with Crippen LogP contribution in [-0.2, 0) is 14.3 Å². The highest BCUT2D eigenvalue weighted by Gasteiger charge is 2.42. The van der Waals surface area contributed by atoms with Gasteiger partial charge < -0.3 is 9.64 Å². The normalized spacial score (nSPS) is 12.9. The van der Waals surface area contributed by atoms with E-state index in [1.807, 2.05) is 6.92 Å². The summed E-state index contributed by atoms with van der Waals surface area (Å²) in [7, 11) is 1.16. The molecular formula is C13H22F3NO3. The van der Waals surface area contributed by atoms with E-state index in [1.54, 1.807) is 0 Å². The number of amides is 1. The number of esters is 1.